The molecule has 0 saturated heterocycles. The van der Waals surface area contributed by atoms with E-state index in [1.54, 1.807) is 12.1 Å². The lowest BCUT2D eigenvalue weighted by molar-refractivity contribution is -0.118. The molecular formula is C13H17Cl2NO. The van der Waals surface area contributed by atoms with Crippen LogP contribution in [-0.2, 0) is 11.2 Å². The summed E-state index contributed by atoms with van der Waals surface area (Å²) in [5.74, 6) is 0.214. The SMILES string of the molecule is NCCCCCC(=O)Cc1ccc(Cl)cc1Cl. The van der Waals surface area contributed by atoms with Gasteiger partial charge in [0.15, 0.2) is 0 Å². The number of nitrogens with two attached hydrogens (primary N) is 1. The molecule has 0 spiro atoms. The number of carbonyl (C=O) groups excluding carboxylic acids is 1. The first kappa shape index (κ1) is 14.5. The molecule has 0 aliphatic heterocycles. The topological polar surface area (TPSA) is 43.1 Å². The lowest BCUT2D eigenvalue weighted by atomic mass is 10.0. The van der Waals surface area contributed by atoms with Gasteiger partial charge in [-0.1, -0.05) is 35.7 Å². The summed E-state index contributed by atoms with van der Waals surface area (Å²) in [6.45, 7) is 0.692. The van der Waals surface area contributed by atoms with Crippen molar-refractivity contribution in [3.05, 3.63) is 33.8 Å². The fourth-order valence-electron chi connectivity index (χ4n) is 1.61. The van der Waals surface area contributed by atoms with E-state index in [2.05, 4.69) is 0 Å². The van der Waals surface area contributed by atoms with Gasteiger partial charge in [-0.05, 0) is 37.1 Å². The molecular weight excluding hydrogens is 257 g/mol. The lowest BCUT2D eigenvalue weighted by Crippen LogP contribution is -2.04. The minimum atomic E-state index is 0.214. The van der Waals surface area contributed by atoms with Crippen molar-refractivity contribution < 1.29 is 4.79 Å². The van der Waals surface area contributed by atoms with Crippen LogP contribution in [0.25, 0.3) is 0 Å². The van der Waals surface area contributed by atoms with Crippen LogP contribution < -0.4 is 5.73 Å². The third kappa shape index (κ3) is 5.53. The van der Waals surface area contributed by atoms with Gasteiger partial charge in [0.1, 0.15) is 5.78 Å². The van der Waals surface area contributed by atoms with Crippen molar-refractivity contribution in [2.75, 3.05) is 6.54 Å². The number of carbonyl (C=O) groups is 1. The Morgan fingerprint density at radius 1 is 1.18 bits per heavy atom. The third-order valence-corrected chi connectivity index (χ3v) is 3.15. The Bertz CT molecular complexity index is 380. The maximum Gasteiger partial charge on any atom is 0.137 e. The highest BCUT2D eigenvalue weighted by atomic mass is 35.5. The molecule has 0 saturated carbocycles. The molecule has 0 fully saturated rings. The zero-order valence-corrected chi connectivity index (χ0v) is 11.2. The van der Waals surface area contributed by atoms with E-state index in [1.807, 2.05) is 6.07 Å². The standard InChI is InChI=1S/C13H17Cl2NO/c14-11-6-5-10(13(15)9-11)8-12(17)4-2-1-3-7-16/h5-6,9H,1-4,7-8,16H2. The molecule has 0 bridgehead atoms. The Morgan fingerprint density at radius 3 is 2.59 bits per heavy atom. The summed E-state index contributed by atoms with van der Waals surface area (Å²) in [5.41, 5.74) is 6.24. The number of hydrogen-bond acceptors (Lipinski definition) is 2. The summed E-state index contributed by atoms with van der Waals surface area (Å²) in [6.07, 6.45) is 3.88. The van der Waals surface area contributed by atoms with Crippen LogP contribution in [0.5, 0.6) is 0 Å². The predicted octanol–water partition coefficient (Wildman–Crippen LogP) is 3.62. The molecule has 0 unspecified atom stereocenters. The van der Waals surface area contributed by atoms with Gasteiger partial charge >= 0.3 is 0 Å². The predicted molar refractivity (Wildman–Crippen MR) is 72.7 cm³/mol. The summed E-state index contributed by atoms with van der Waals surface area (Å²) < 4.78 is 0. The fourth-order valence-corrected chi connectivity index (χ4v) is 2.08. The molecule has 1 aromatic rings. The fraction of sp³-hybridized carbons (Fsp3) is 0.462. The second kappa shape index (κ2) is 7.70. The summed E-state index contributed by atoms with van der Waals surface area (Å²) in [7, 11) is 0. The van der Waals surface area contributed by atoms with Crippen molar-refractivity contribution in [3.8, 4) is 0 Å². The van der Waals surface area contributed by atoms with E-state index < -0.39 is 0 Å². The first-order valence-corrected chi connectivity index (χ1v) is 6.54. The van der Waals surface area contributed by atoms with E-state index in [0.717, 1.165) is 24.8 Å². The number of rotatable bonds is 7. The average Bonchev–Trinajstić information content (AvgIpc) is 2.28. The summed E-state index contributed by atoms with van der Waals surface area (Å²) in [6, 6.07) is 5.23. The maximum absolute atomic E-state index is 11.7. The average molecular weight is 274 g/mol. The van der Waals surface area contributed by atoms with Gasteiger partial charge in [0.05, 0.1) is 0 Å². The van der Waals surface area contributed by atoms with Crippen LogP contribution >= 0.6 is 23.2 Å². The van der Waals surface area contributed by atoms with Crippen molar-refractivity contribution in [1.82, 2.24) is 0 Å². The number of unbranched alkanes of at least 4 members (excludes halogenated alkanes) is 2. The number of benzene rings is 1. The van der Waals surface area contributed by atoms with Gasteiger partial charge in [0.25, 0.3) is 0 Å². The Hall–Kier alpha value is -0.570. The van der Waals surface area contributed by atoms with Crippen molar-refractivity contribution >= 4 is 29.0 Å². The largest absolute Gasteiger partial charge is 0.330 e. The quantitative estimate of drug-likeness (QED) is 0.771. The van der Waals surface area contributed by atoms with Crippen LogP contribution in [0.15, 0.2) is 18.2 Å². The van der Waals surface area contributed by atoms with E-state index >= 15 is 0 Å². The zero-order chi connectivity index (χ0) is 12.7. The Morgan fingerprint density at radius 2 is 1.94 bits per heavy atom. The molecule has 0 heterocycles. The van der Waals surface area contributed by atoms with Gasteiger partial charge in [-0.15, -0.1) is 0 Å². The van der Waals surface area contributed by atoms with E-state index in [0.29, 0.717) is 29.4 Å². The Kier molecular flexibility index (Phi) is 6.56. The number of halogens is 2. The molecule has 1 rings (SSSR count). The summed E-state index contributed by atoms with van der Waals surface area (Å²) in [4.78, 5) is 11.7. The van der Waals surface area contributed by atoms with Gasteiger partial charge in [-0.3, -0.25) is 4.79 Å². The van der Waals surface area contributed by atoms with E-state index in [-0.39, 0.29) is 5.78 Å². The Labute approximate surface area is 112 Å². The van der Waals surface area contributed by atoms with Crippen LogP contribution in [0.2, 0.25) is 10.0 Å². The van der Waals surface area contributed by atoms with Gasteiger partial charge in [0.2, 0.25) is 0 Å². The molecule has 0 aliphatic carbocycles. The van der Waals surface area contributed by atoms with Crippen molar-refractivity contribution in [2.45, 2.75) is 32.1 Å². The monoisotopic (exact) mass is 273 g/mol. The Balaban J connectivity index is 2.40. The van der Waals surface area contributed by atoms with Gasteiger partial charge in [-0.2, -0.15) is 0 Å². The van der Waals surface area contributed by atoms with Crippen LogP contribution in [-0.4, -0.2) is 12.3 Å². The van der Waals surface area contributed by atoms with Gasteiger partial charge in [-0.25, -0.2) is 0 Å². The zero-order valence-electron chi connectivity index (χ0n) is 9.72. The molecule has 1 aromatic carbocycles. The summed E-state index contributed by atoms with van der Waals surface area (Å²) in [5, 5.41) is 1.15. The third-order valence-electron chi connectivity index (χ3n) is 2.56. The molecule has 17 heavy (non-hydrogen) atoms. The number of hydrogen-bond donors (Lipinski definition) is 1. The van der Waals surface area contributed by atoms with Crippen molar-refractivity contribution in [2.24, 2.45) is 5.73 Å². The molecule has 0 aliphatic rings. The van der Waals surface area contributed by atoms with E-state index in [1.165, 1.54) is 0 Å². The second-order valence-electron chi connectivity index (χ2n) is 4.05. The molecule has 0 radical (unpaired) electrons. The van der Waals surface area contributed by atoms with Crippen LogP contribution in [0.4, 0.5) is 0 Å². The maximum atomic E-state index is 11.7. The van der Waals surface area contributed by atoms with Crippen molar-refractivity contribution in [3.63, 3.8) is 0 Å². The van der Waals surface area contributed by atoms with Gasteiger partial charge < -0.3 is 5.73 Å². The van der Waals surface area contributed by atoms with Crippen LogP contribution in [0.1, 0.15) is 31.2 Å². The number of Topliss-reactive ketones (excluding diaryl/α,β-unsaturated/α-hetero) is 1. The number of ketones is 1. The normalized spacial score (nSPS) is 10.5. The van der Waals surface area contributed by atoms with Crippen LogP contribution in [0, 0.1) is 0 Å². The summed E-state index contributed by atoms with van der Waals surface area (Å²) >= 11 is 11.8. The molecule has 2 nitrogen and oxygen atoms in total. The highest BCUT2D eigenvalue weighted by Gasteiger charge is 2.07. The van der Waals surface area contributed by atoms with E-state index in [9.17, 15) is 4.79 Å². The first-order valence-electron chi connectivity index (χ1n) is 5.79. The lowest BCUT2D eigenvalue weighted by Gasteiger charge is -2.04. The smallest absolute Gasteiger partial charge is 0.137 e. The molecule has 0 aromatic heterocycles. The van der Waals surface area contributed by atoms with Crippen LogP contribution in [0.3, 0.4) is 0 Å². The minimum absolute atomic E-state index is 0.214. The molecule has 0 amide bonds. The molecule has 94 valence electrons. The molecule has 2 N–H and O–H groups in total. The second-order valence-corrected chi connectivity index (χ2v) is 4.89. The minimum Gasteiger partial charge on any atom is -0.330 e. The molecule has 4 heteroatoms. The van der Waals surface area contributed by atoms with Crippen molar-refractivity contribution in [1.29, 1.82) is 0 Å². The van der Waals surface area contributed by atoms with Gasteiger partial charge in [0, 0.05) is 22.9 Å². The molecule has 0 atom stereocenters. The highest BCUT2D eigenvalue weighted by molar-refractivity contribution is 6.35. The first-order chi connectivity index (χ1) is 8.13. The van der Waals surface area contributed by atoms with E-state index in [4.69, 9.17) is 28.9 Å². The highest BCUT2D eigenvalue weighted by Crippen LogP contribution is 2.22.